The van der Waals surface area contributed by atoms with E-state index in [0.717, 1.165) is 30.0 Å². The zero-order valence-electron chi connectivity index (χ0n) is 13.3. The molecule has 2 aromatic rings. The molecule has 2 heterocycles. The van der Waals surface area contributed by atoms with Gasteiger partial charge in [0, 0.05) is 24.8 Å². The molecule has 1 saturated heterocycles. The second-order valence-corrected chi connectivity index (χ2v) is 5.65. The van der Waals surface area contributed by atoms with Crippen LogP contribution in [0, 0.1) is 0 Å². The summed E-state index contributed by atoms with van der Waals surface area (Å²) in [7, 11) is 0. The lowest BCUT2D eigenvalue weighted by Crippen LogP contribution is -2.36. The highest BCUT2D eigenvalue weighted by Gasteiger charge is 2.14. The molecule has 0 atom stereocenters. The van der Waals surface area contributed by atoms with Gasteiger partial charge in [0.2, 0.25) is 5.91 Å². The van der Waals surface area contributed by atoms with Gasteiger partial charge >= 0.3 is 0 Å². The van der Waals surface area contributed by atoms with Crippen LogP contribution in [0.15, 0.2) is 42.6 Å². The quantitative estimate of drug-likeness (QED) is 0.667. The summed E-state index contributed by atoms with van der Waals surface area (Å²) in [5.41, 5.74) is 7.46. The average Bonchev–Trinajstić information content (AvgIpc) is 2.62. The summed E-state index contributed by atoms with van der Waals surface area (Å²) < 4.78 is 5.37. The minimum absolute atomic E-state index is 0.271. The standard InChI is InChI=1S/C18H19N3O3/c19-17(23)12-16(22)15-3-1-2-13(10-15)14-4-5-20-18(11-14)21-6-8-24-9-7-21/h1-5,10-11H,6-9,12H2,(H2,19,23). The fraction of sp³-hybridized carbons (Fsp3) is 0.278. The lowest BCUT2D eigenvalue weighted by atomic mass is 10.0. The Labute approximate surface area is 140 Å². The number of hydrogen-bond donors (Lipinski definition) is 1. The van der Waals surface area contributed by atoms with Gasteiger partial charge in [-0.1, -0.05) is 18.2 Å². The summed E-state index contributed by atoms with van der Waals surface area (Å²) in [6, 6.07) is 11.1. The maximum atomic E-state index is 12.0. The Morgan fingerprint density at radius 1 is 1.12 bits per heavy atom. The number of amides is 1. The van der Waals surface area contributed by atoms with Crippen molar-refractivity contribution in [2.45, 2.75) is 6.42 Å². The Hall–Kier alpha value is -2.73. The van der Waals surface area contributed by atoms with Crippen molar-refractivity contribution in [3.8, 4) is 11.1 Å². The number of ether oxygens (including phenoxy) is 1. The smallest absolute Gasteiger partial charge is 0.225 e. The largest absolute Gasteiger partial charge is 0.378 e. The zero-order valence-corrected chi connectivity index (χ0v) is 13.3. The molecule has 1 amide bonds. The number of nitrogens with two attached hydrogens (primary N) is 1. The van der Waals surface area contributed by atoms with Crippen molar-refractivity contribution >= 4 is 17.5 Å². The molecule has 1 aromatic carbocycles. The number of carbonyl (C=O) groups excluding carboxylic acids is 2. The Morgan fingerprint density at radius 3 is 2.62 bits per heavy atom. The Kier molecular flexibility index (Phi) is 4.86. The van der Waals surface area contributed by atoms with Crippen LogP contribution in [0.3, 0.4) is 0 Å². The molecule has 3 rings (SSSR count). The molecule has 0 aliphatic carbocycles. The first-order chi connectivity index (χ1) is 11.6. The minimum atomic E-state index is -0.621. The van der Waals surface area contributed by atoms with Gasteiger partial charge in [-0.2, -0.15) is 0 Å². The lowest BCUT2D eigenvalue weighted by molar-refractivity contribution is -0.117. The van der Waals surface area contributed by atoms with Crippen LogP contribution in [0.5, 0.6) is 0 Å². The SMILES string of the molecule is NC(=O)CC(=O)c1cccc(-c2ccnc(N3CCOCC3)c2)c1. The first kappa shape index (κ1) is 16.1. The van der Waals surface area contributed by atoms with Crippen LogP contribution in [-0.4, -0.2) is 43.0 Å². The van der Waals surface area contributed by atoms with Gasteiger partial charge in [-0.3, -0.25) is 9.59 Å². The van der Waals surface area contributed by atoms with Gasteiger partial charge in [0.05, 0.1) is 19.6 Å². The summed E-state index contributed by atoms with van der Waals surface area (Å²) in [5.74, 6) is 0.000363. The van der Waals surface area contributed by atoms with Crippen molar-refractivity contribution in [3.63, 3.8) is 0 Å². The fourth-order valence-corrected chi connectivity index (χ4v) is 2.70. The van der Waals surface area contributed by atoms with Crippen LogP contribution < -0.4 is 10.6 Å². The molecule has 2 N–H and O–H groups in total. The summed E-state index contributed by atoms with van der Waals surface area (Å²) in [5, 5.41) is 0. The van der Waals surface area contributed by atoms with E-state index in [2.05, 4.69) is 9.88 Å². The molecular weight excluding hydrogens is 306 g/mol. The first-order valence-corrected chi connectivity index (χ1v) is 7.84. The number of benzene rings is 1. The molecule has 6 heteroatoms. The molecule has 1 aliphatic heterocycles. The second-order valence-electron chi connectivity index (χ2n) is 5.65. The Bertz CT molecular complexity index is 755. The molecule has 124 valence electrons. The molecule has 6 nitrogen and oxygen atoms in total. The molecule has 0 spiro atoms. The number of hydrogen-bond acceptors (Lipinski definition) is 5. The summed E-state index contributed by atoms with van der Waals surface area (Å²) >= 11 is 0. The van der Waals surface area contributed by atoms with E-state index in [1.54, 1.807) is 24.4 Å². The summed E-state index contributed by atoms with van der Waals surface area (Å²) in [6.07, 6.45) is 1.48. The third-order valence-electron chi connectivity index (χ3n) is 3.93. The second kappa shape index (κ2) is 7.23. The number of anilines is 1. The monoisotopic (exact) mass is 325 g/mol. The molecule has 0 radical (unpaired) electrons. The van der Waals surface area contributed by atoms with Gasteiger partial charge < -0.3 is 15.4 Å². The third kappa shape index (κ3) is 3.78. The molecule has 0 saturated carbocycles. The maximum absolute atomic E-state index is 12.0. The van der Waals surface area contributed by atoms with Crippen molar-refractivity contribution in [3.05, 3.63) is 48.2 Å². The third-order valence-corrected chi connectivity index (χ3v) is 3.93. The predicted octanol–water partition coefficient (Wildman–Crippen LogP) is 1.64. The van der Waals surface area contributed by atoms with Crippen molar-refractivity contribution in [1.82, 2.24) is 4.98 Å². The van der Waals surface area contributed by atoms with Gasteiger partial charge in [0.15, 0.2) is 5.78 Å². The van der Waals surface area contributed by atoms with E-state index in [1.807, 2.05) is 18.2 Å². The molecule has 0 unspecified atom stereocenters. The van der Waals surface area contributed by atoms with Crippen LogP contribution in [0.2, 0.25) is 0 Å². The number of carbonyl (C=O) groups is 2. The zero-order chi connectivity index (χ0) is 16.9. The van der Waals surface area contributed by atoms with Crippen molar-refractivity contribution in [2.24, 2.45) is 5.73 Å². The number of rotatable bonds is 5. The highest BCUT2D eigenvalue weighted by molar-refractivity contribution is 6.07. The molecule has 0 bridgehead atoms. The van der Waals surface area contributed by atoms with Crippen LogP contribution in [-0.2, 0) is 9.53 Å². The first-order valence-electron chi connectivity index (χ1n) is 7.84. The normalized spacial score (nSPS) is 14.4. The van der Waals surface area contributed by atoms with Crippen LogP contribution >= 0.6 is 0 Å². The number of ketones is 1. The van der Waals surface area contributed by atoms with Gasteiger partial charge in [0.1, 0.15) is 5.82 Å². The summed E-state index contributed by atoms with van der Waals surface area (Å²) in [6.45, 7) is 3.02. The highest BCUT2D eigenvalue weighted by Crippen LogP contribution is 2.24. The van der Waals surface area contributed by atoms with Gasteiger partial charge in [-0.05, 0) is 29.3 Å². The molecular formula is C18H19N3O3. The molecule has 1 fully saturated rings. The fourth-order valence-electron chi connectivity index (χ4n) is 2.70. The topological polar surface area (TPSA) is 85.5 Å². The van der Waals surface area contributed by atoms with Crippen LogP contribution in [0.1, 0.15) is 16.8 Å². The Morgan fingerprint density at radius 2 is 1.88 bits per heavy atom. The Balaban J connectivity index is 1.86. The van der Waals surface area contributed by atoms with E-state index in [9.17, 15) is 9.59 Å². The average molecular weight is 325 g/mol. The lowest BCUT2D eigenvalue weighted by Gasteiger charge is -2.28. The van der Waals surface area contributed by atoms with E-state index in [1.165, 1.54) is 0 Å². The van der Waals surface area contributed by atoms with Crippen molar-refractivity contribution < 1.29 is 14.3 Å². The summed E-state index contributed by atoms with van der Waals surface area (Å²) in [4.78, 5) is 29.6. The molecule has 24 heavy (non-hydrogen) atoms. The van der Waals surface area contributed by atoms with Crippen LogP contribution in [0.25, 0.3) is 11.1 Å². The molecule has 1 aromatic heterocycles. The maximum Gasteiger partial charge on any atom is 0.225 e. The van der Waals surface area contributed by atoms with Crippen LogP contribution in [0.4, 0.5) is 5.82 Å². The van der Waals surface area contributed by atoms with Crippen molar-refractivity contribution in [1.29, 1.82) is 0 Å². The van der Waals surface area contributed by atoms with Gasteiger partial charge in [-0.25, -0.2) is 4.98 Å². The number of primary amides is 1. The van der Waals surface area contributed by atoms with Gasteiger partial charge in [0.25, 0.3) is 0 Å². The number of aromatic nitrogens is 1. The highest BCUT2D eigenvalue weighted by atomic mass is 16.5. The van der Waals surface area contributed by atoms with E-state index in [0.29, 0.717) is 18.8 Å². The minimum Gasteiger partial charge on any atom is -0.378 e. The van der Waals surface area contributed by atoms with Gasteiger partial charge in [-0.15, -0.1) is 0 Å². The van der Waals surface area contributed by atoms with E-state index in [4.69, 9.17) is 10.5 Å². The van der Waals surface area contributed by atoms with E-state index in [-0.39, 0.29) is 12.2 Å². The van der Waals surface area contributed by atoms with E-state index >= 15 is 0 Å². The number of Topliss-reactive ketones (excluding diaryl/α,β-unsaturated/α-hetero) is 1. The molecule has 1 aliphatic rings. The number of morpholine rings is 1. The number of nitrogens with zero attached hydrogens (tertiary/aromatic N) is 2. The number of pyridine rings is 1. The van der Waals surface area contributed by atoms with E-state index < -0.39 is 5.91 Å². The predicted molar refractivity (Wildman–Crippen MR) is 90.8 cm³/mol. The van der Waals surface area contributed by atoms with Crippen molar-refractivity contribution in [2.75, 3.05) is 31.2 Å².